The first-order valence-electron chi connectivity index (χ1n) is 20.1. The number of pyridine rings is 1. The number of aromatic nitrogens is 5. The molecule has 2 atom stereocenters. The number of amides is 2. The van der Waals surface area contributed by atoms with E-state index in [1.54, 1.807) is 50.2 Å². The maximum atomic E-state index is 13.5. The Labute approximate surface area is 366 Å². The van der Waals surface area contributed by atoms with Crippen LogP contribution in [0.2, 0.25) is 5.02 Å². The highest BCUT2D eigenvalue weighted by atomic mass is 35.5. The van der Waals surface area contributed by atoms with Crippen LogP contribution in [0.3, 0.4) is 0 Å². The fourth-order valence-corrected chi connectivity index (χ4v) is 6.41. The van der Waals surface area contributed by atoms with Crippen molar-refractivity contribution < 1.29 is 57.2 Å². The number of hydrogen-bond acceptors (Lipinski definition) is 16. The van der Waals surface area contributed by atoms with E-state index in [9.17, 15) is 28.8 Å². The monoisotopic (exact) mass is 892 g/mol. The van der Waals surface area contributed by atoms with Gasteiger partial charge in [0.15, 0.2) is 0 Å². The Bertz CT molecular complexity index is 2390. The first kappa shape index (κ1) is 47.3. The Morgan fingerprint density at radius 2 is 1.41 bits per heavy atom. The zero-order valence-electron chi connectivity index (χ0n) is 35.5. The number of anilines is 1. The topological polar surface area (TPSA) is 244 Å². The van der Waals surface area contributed by atoms with Gasteiger partial charge in [-0.1, -0.05) is 11.6 Å². The number of imidazole rings is 2. The number of rotatable bonds is 14. The maximum absolute atomic E-state index is 13.5. The minimum Gasteiger partial charge on any atom is -0.435 e. The SMILES string of the molecule is CCOC(=O)OC(C)OC(=O)c1ccc2c(c1)nc(C(=O)NC1CCN(C(C)C)CC1)n2CC(=O)Nc1ccc(Cl)cn1.CCOC(=O)OC(C)OC(=O)c1ccc2nc[nH]c2c1. The zero-order valence-corrected chi connectivity index (χ0v) is 36.3. The lowest BCUT2D eigenvalue weighted by molar-refractivity contribution is -0.116. The molecule has 2 unspecified atom stereocenters. The Kier molecular flexibility index (Phi) is 16.8. The van der Waals surface area contributed by atoms with Crippen LogP contribution in [0, 0.1) is 0 Å². The molecule has 3 N–H and O–H groups in total. The largest absolute Gasteiger partial charge is 0.511 e. The van der Waals surface area contributed by atoms with Crippen molar-refractivity contribution in [2.45, 2.75) is 85.6 Å². The Balaban J connectivity index is 0.000000311. The smallest absolute Gasteiger partial charge is 0.435 e. The molecule has 336 valence electrons. The van der Waals surface area contributed by atoms with Gasteiger partial charge in [0.25, 0.3) is 5.91 Å². The molecule has 5 aromatic rings. The first-order valence-corrected chi connectivity index (χ1v) is 20.5. The van der Waals surface area contributed by atoms with Crippen LogP contribution in [-0.4, -0.2) is 116 Å². The summed E-state index contributed by atoms with van der Waals surface area (Å²) in [6.07, 6.45) is 0.446. The number of carbonyl (C=O) groups excluding carboxylic acids is 6. The summed E-state index contributed by atoms with van der Waals surface area (Å²) in [6.45, 7) is 12.1. The van der Waals surface area contributed by atoms with Crippen LogP contribution < -0.4 is 10.6 Å². The number of carbonyl (C=O) groups is 6. The number of ether oxygens (including phenoxy) is 6. The van der Waals surface area contributed by atoms with E-state index in [0.29, 0.717) is 33.5 Å². The highest BCUT2D eigenvalue weighted by Crippen LogP contribution is 2.22. The Morgan fingerprint density at radius 1 is 0.794 bits per heavy atom. The van der Waals surface area contributed by atoms with Crippen molar-refractivity contribution in [2.75, 3.05) is 31.6 Å². The highest BCUT2D eigenvalue weighted by Gasteiger charge is 2.27. The lowest BCUT2D eigenvalue weighted by atomic mass is 10.0. The number of likely N-dealkylation sites (tertiary alicyclic amines) is 1. The average molecular weight is 893 g/mol. The van der Waals surface area contributed by atoms with Gasteiger partial charge < -0.3 is 53.5 Å². The van der Waals surface area contributed by atoms with Crippen molar-refractivity contribution in [1.82, 2.24) is 34.7 Å². The number of nitrogens with one attached hydrogen (secondary N) is 3. The number of esters is 2. The van der Waals surface area contributed by atoms with Gasteiger partial charge in [0, 0.05) is 45.2 Å². The van der Waals surface area contributed by atoms with Crippen molar-refractivity contribution in [3.05, 3.63) is 83.0 Å². The third kappa shape index (κ3) is 13.6. The molecule has 2 amide bonds. The second-order valence-corrected chi connectivity index (χ2v) is 14.6. The quantitative estimate of drug-likeness (QED) is 0.0634. The van der Waals surface area contributed by atoms with Crippen molar-refractivity contribution in [1.29, 1.82) is 0 Å². The predicted octanol–water partition coefficient (Wildman–Crippen LogP) is 6.24. The summed E-state index contributed by atoms with van der Waals surface area (Å²) >= 11 is 5.89. The molecular formula is C42H49ClN8O12. The van der Waals surface area contributed by atoms with Crippen molar-refractivity contribution >= 4 is 75.5 Å². The second kappa shape index (κ2) is 22.3. The van der Waals surface area contributed by atoms with Crippen LogP contribution in [0.5, 0.6) is 0 Å². The molecule has 6 rings (SSSR count). The minimum atomic E-state index is -1.20. The van der Waals surface area contributed by atoms with Gasteiger partial charge in [-0.25, -0.2) is 34.1 Å². The van der Waals surface area contributed by atoms with E-state index in [1.165, 1.54) is 43.1 Å². The molecule has 20 nitrogen and oxygen atoms in total. The summed E-state index contributed by atoms with van der Waals surface area (Å²) in [5, 5.41) is 6.17. The number of hydrogen-bond donors (Lipinski definition) is 3. The van der Waals surface area contributed by atoms with Crippen LogP contribution in [0.25, 0.3) is 22.1 Å². The highest BCUT2D eigenvalue weighted by molar-refractivity contribution is 6.30. The molecule has 0 saturated carbocycles. The number of aromatic amines is 1. The van der Waals surface area contributed by atoms with Crippen LogP contribution in [-0.2, 0) is 39.8 Å². The van der Waals surface area contributed by atoms with Crippen LogP contribution in [0.15, 0.2) is 61.1 Å². The Hall–Kier alpha value is -6.80. The molecule has 21 heteroatoms. The maximum Gasteiger partial charge on any atom is 0.511 e. The van der Waals surface area contributed by atoms with E-state index in [1.807, 2.05) is 0 Å². The molecule has 4 heterocycles. The van der Waals surface area contributed by atoms with Crippen LogP contribution >= 0.6 is 11.6 Å². The minimum absolute atomic E-state index is 0.0186. The molecule has 3 aromatic heterocycles. The van der Waals surface area contributed by atoms with Crippen LogP contribution in [0.4, 0.5) is 15.4 Å². The summed E-state index contributed by atoms with van der Waals surface area (Å²) in [7, 11) is 0. The van der Waals surface area contributed by atoms with Gasteiger partial charge in [0.2, 0.25) is 24.3 Å². The van der Waals surface area contributed by atoms with E-state index in [-0.39, 0.29) is 37.2 Å². The molecule has 0 aliphatic carbocycles. The molecule has 0 spiro atoms. The summed E-state index contributed by atoms with van der Waals surface area (Å²) in [5.41, 5.74) is 2.66. The second-order valence-electron chi connectivity index (χ2n) is 14.2. The van der Waals surface area contributed by atoms with Gasteiger partial charge >= 0.3 is 24.2 Å². The van der Waals surface area contributed by atoms with E-state index in [0.717, 1.165) is 37.0 Å². The molecule has 1 aliphatic heterocycles. The van der Waals surface area contributed by atoms with E-state index >= 15 is 0 Å². The summed E-state index contributed by atoms with van der Waals surface area (Å²) in [5.74, 6) is -1.93. The molecular weight excluding hydrogens is 844 g/mol. The molecule has 63 heavy (non-hydrogen) atoms. The third-order valence-electron chi connectivity index (χ3n) is 9.33. The number of halogens is 1. The lowest BCUT2D eigenvalue weighted by Gasteiger charge is -2.34. The van der Waals surface area contributed by atoms with Gasteiger partial charge in [-0.05, 0) is 89.1 Å². The predicted molar refractivity (Wildman–Crippen MR) is 227 cm³/mol. The van der Waals surface area contributed by atoms with Gasteiger partial charge in [-0.2, -0.15) is 0 Å². The van der Waals surface area contributed by atoms with E-state index < -0.39 is 48.6 Å². The standard InChI is InChI=1S/C29H35ClN6O7.C13H14N2O5/c1-5-41-29(40)43-18(4)42-28(39)19-6-8-23-22(14-19)33-26(27(38)32-21-10-12-35(13-11-21)17(2)3)36(23)16-25(37)34-24-9-7-20(30)15-31-24;1-3-18-13(17)20-8(2)19-12(16)9-4-5-10-11(6-9)15-7-14-10/h6-9,14-15,17-18,21H,5,10-13,16H2,1-4H3,(H,32,38)(H,31,34,37);4-8H,3H2,1-2H3,(H,14,15). The van der Waals surface area contributed by atoms with Gasteiger partial charge in [0.05, 0.1) is 57.8 Å². The fourth-order valence-electron chi connectivity index (χ4n) is 6.30. The van der Waals surface area contributed by atoms with E-state index in [4.69, 9.17) is 35.3 Å². The third-order valence-corrected chi connectivity index (χ3v) is 9.55. The van der Waals surface area contributed by atoms with Crippen molar-refractivity contribution in [3.8, 4) is 0 Å². The van der Waals surface area contributed by atoms with E-state index in [2.05, 4.69) is 54.1 Å². The summed E-state index contributed by atoms with van der Waals surface area (Å²) < 4.78 is 30.5. The summed E-state index contributed by atoms with van der Waals surface area (Å²) in [4.78, 5) is 91.6. The first-order chi connectivity index (χ1) is 30.1. The zero-order chi connectivity index (χ0) is 45.6. The number of fused-ring (bicyclic) bond motifs is 2. The number of piperidine rings is 1. The summed E-state index contributed by atoms with van der Waals surface area (Å²) in [6, 6.07) is 12.9. The fraction of sp³-hybridized carbons (Fsp3) is 0.405. The van der Waals surface area contributed by atoms with Gasteiger partial charge in [-0.15, -0.1) is 0 Å². The van der Waals surface area contributed by atoms with Crippen molar-refractivity contribution in [2.24, 2.45) is 0 Å². The van der Waals surface area contributed by atoms with Crippen LogP contribution in [0.1, 0.15) is 85.7 Å². The molecule has 0 bridgehead atoms. The molecule has 1 fully saturated rings. The molecule has 1 saturated heterocycles. The van der Waals surface area contributed by atoms with Gasteiger partial charge in [0.1, 0.15) is 12.4 Å². The molecule has 0 radical (unpaired) electrons. The lowest BCUT2D eigenvalue weighted by Crippen LogP contribution is -2.47. The normalized spacial score (nSPS) is 13.8. The number of H-pyrrole nitrogens is 1. The average Bonchev–Trinajstić information content (AvgIpc) is 3.86. The van der Waals surface area contributed by atoms with Gasteiger partial charge in [-0.3, -0.25) is 9.59 Å². The number of benzene rings is 2. The Morgan fingerprint density at radius 3 is 2.00 bits per heavy atom. The van der Waals surface area contributed by atoms with Crippen molar-refractivity contribution in [3.63, 3.8) is 0 Å². The molecule has 2 aromatic carbocycles. The molecule has 1 aliphatic rings. The number of nitrogens with zero attached hydrogens (tertiary/aromatic N) is 5.